The fraction of sp³-hybridized carbons (Fsp3) is 0.483. The van der Waals surface area contributed by atoms with Gasteiger partial charge < -0.3 is 25.4 Å². The lowest BCUT2D eigenvalue weighted by atomic mass is 9.65. The summed E-state index contributed by atoms with van der Waals surface area (Å²) in [5, 5.41) is 15.9. The highest BCUT2D eigenvalue weighted by atomic mass is 16.5. The van der Waals surface area contributed by atoms with E-state index in [2.05, 4.69) is 10.6 Å². The third-order valence-electron chi connectivity index (χ3n) is 8.59. The monoisotopic (exact) mass is 505 g/mol. The zero-order chi connectivity index (χ0) is 26.4. The van der Waals surface area contributed by atoms with E-state index in [0.717, 1.165) is 16.7 Å². The Balaban J connectivity index is 1.48. The van der Waals surface area contributed by atoms with Crippen LogP contribution in [0.3, 0.4) is 0 Å². The Bertz CT molecular complexity index is 1200. The second-order valence-corrected chi connectivity index (χ2v) is 10.5. The van der Waals surface area contributed by atoms with Gasteiger partial charge in [-0.2, -0.15) is 0 Å². The molecule has 2 bridgehead atoms. The van der Waals surface area contributed by atoms with E-state index in [1.807, 2.05) is 69.3 Å². The number of nitrogens with one attached hydrogen (secondary N) is 2. The average Bonchev–Trinajstić information content (AvgIpc) is 3.49. The number of carbonyl (C=O) groups excluding carboxylic acids is 3. The fourth-order valence-electron chi connectivity index (χ4n) is 6.86. The van der Waals surface area contributed by atoms with E-state index < -0.39 is 29.1 Å². The maximum atomic E-state index is 13.9. The largest absolute Gasteiger partial charge is 0.395 e. The second-order valence-electron chi connectivity index (χ2n) is 10.5. The van der Waals surface area contributed by atoms with Crippen LogP contribution in [-0.2, 0) is 25.7 Å². The average molecular weight is 506 g/mol. The minimum absolute atomic E-state index is 0.00274. The molecule has 196 valence electrons. The molecule has 8 heteroatoms. The number of amides is 3. The molecular formula is C29H35N3O5. The molecule has 5 atom stereocenters. The van der Waals surface area contributed by atoms with Gasteiger partial charge in [0, 0.05) is 18.8 Å². The number of β-amino-alcohol motifs (C(OH)–C–C–N with tert-alkyl or cyclic N) is 1. The number of para-hydroxylation sites is 1. The van der Waals surface area contributed by atoms with Gasteiger partial charge in [-0.25, -0.2) is 0 Å². The molecule has 8 nitrogen and oxygen atoms in total. The molecule has 0 aromatic heterocycles. The molecule has 3 N–H and O–H groups in total. The van der Waals surface area contributed by atoms with E-state index in [9.17, 15) is 19.5 Å². The highest BCUT2D eigenvalue weighted by molar-refractivity contribution is 6.04. The van der Waals surface area contributed by atoms with Gasteiger partial charge in [-0.1, -0.05) is 55.5 Å². The van der Waals surface area contributed by atoms with Crippen LogP contribution < -0.4 is 10.6 Å². The van der Waals surface area contributed by atoms with Crippen molar-refractivity contribution in [1.82, 2.24) is 10.2 Å². The van der Waals surface area contributed by atoms with Gasteiger partial charge in [-0.3, -0.25) is 14.4 Å². The van der Waals surface area contributed by atoms with Crippen molar-refractivity contribution in [2.45, 2.75) is 63.8 Å². The van der Waals surface area contributed by atoms with Crippen LogP contribution in [-0.4, -0.2) is 58.1 Å². The maximum absolute atomic E-state index is 13.9. The van der Waals surface area contributed by atoms with Gasteiger partial charge in [0.2, 0.25) is 17.7 Å². The van der Waals surface area contributed by atoms with E-state index in [-0.39, 0.29) is 30.9 Å². The standard InChI is InChI=1S/C29H35N3O5/c1-4-28-13-14-29(37-28)22(21(28)25(34)30-17-20-11-6-5-7-12-20)27(36)32(15-16-33)24(29)26(35)31-23-18(2)9-8-10-19(23)3/h5-12,21-22,24,33H,4,13-17H2,1-3H3,(H,30,34)(H,31,35)/t21-,22+,24?,28+,29?/m1/s1. The third-order valence-corrected chi connectivity index (χ3v) is 8.59. The fourth-order valence-corrected chi connectivity index (χ4v) is 6.86. The normalized spacial score (nSPS) is 29.9. The summed E-state index contributed by atoms with van der Waals surface area (Å²) >= 11 is 0. The van der Waals surface area contributed by atoms with E-state index in [1.165, 1.54) is 4.90 Å². The molecule has 1 spiro atoms. The van der Waals surface area contributed by atoms with Gasteiger partial charge in [0.25, 0.3) is 0 Å². The number of nitrogens with zero attached hydrogens (tertiary/aromatic N) is 1. The summed E-state index contributed by atoms with van der Waals surface area (Å²) in [7, 11) is 0. The molecule has 2 unspecified atom stereocenters. The molecule has 2 aromatic rings. The van der Waals surface area contributed by atoms with Gasteiger partial charge in [-0.15, -0.1) is 0 Å². The van der Waals surface area contributed by atoms with Crippen LogP contribution in [0.1, 0.15) is 42.9 Å². The third kappa shape index (κ3) is 3.94. The summed E-state index contributed by atoms with van der Waals surface area (Å²) in [5.41, 5.74) is 1.59. The Morgan fingerprint density at radius 3 is 2.41 bits per heavy atom. The van der Waals surface area contributed by atoms with Crippen molar-refractivity contribution in [3.8, 4) is 0 Å². The van der Waals surface area contributed by atoms with E-state index in [4.69, 9.17) is 4.74 Å². The number of carbonyl (C=O) groups is 3. The molecule has 3 saturated heterocycles. The molecule has 0 saturated carbocycles. The van der Waals surface area contributed by atoms with Gasteiger partial charge >= 0.3 is 0 Å². The topological polar surface area (TPSA) is 108 Å². The van der Waals surface area contributed by atoms with Gasteiger partial charge in [-0.05, 0) is 49.8 Å². The highest BCUT2D eigenvalue weighted by Crippen LogP contribution is 2.64. The summed E-state index contributed by atoms with van der Waals surface area (Å²) in [6.07, 6.45) is 1.66. The summed E-state index contributed by atoms with van der Waals surface area (Å²) in [6, 6.07) is 14.5. The molecule has 3 heterocycles. The predicted octanol–water partition coefficient (Wildman–Crippen LogP) is 2.71. The second kappa shape index (κ2) is 9.58. The Hall–Kier alpha value is -3.23. The summed E-state index contributed by atoms with van der Waals surface area (Å²) in [4.78, 5) is 42.9. The molecule has 3 amide bonds. The molecule has 3 aliphatic rings. The lowest BCUT2D eigenvalue weighted by Gasteiger charge is -2.34. The first-order valence-corrected chi connectivity index (χ1v) is 13.1. The summed E-state index contributed by atoms with van der Waals surface area (Å²) in [5.74, 6) is -2.37. The van der Waals surface area contributed by atoms with Crippen molar-refractivity contribution in [1.29, 1.82) is 0 Å². The van der Waals surface area contributed by atoms with Crippen molar-refractivity contribution in [2.75, 3.05) is 18.5 Å². The summed E-state index contributed by atoms with van der Waals surface area (Å²) < 4.78 is 6.72. The number of hydrogen-bond acceptors (Lipinski definition) is 5. The molecular weight excluding hydrogens is 470 g/mol. The minimum atomic E-state index is -1.11. The lowest BCUT2D eigenvalue weighted by Crippen LogP contribution is -2.54. The summed E-state index contributed by atoms with van der Waals surface area (Å²) in [6.45, 7) is 5.88. The number of aryl methyl sites for hydroxylation is 2. The van der Waals surface area contributed by atoms with Crippen LogP contribution in [0, 0.1) is 25.7 Å². The van der Waals surface area contributed by atoms with Crippen LogP contribution in [0.4, 0.5) is 5.69 Å². The molecule has 5 rings (SSSR count). The highest BCUT2D eigenvalue weighted by Gasteiger charge is 2.78. The van der Waals surface area contributed by atoms with Crippen molar-refractivity contribution in [2.24, 2.45) is 11.8 Å². The lowest BCUT2D eigenvalue weighted by molar-refractivity contribution is -0.146. The first-order chi connectivity index (χ1) is 17.8. The number of aliphatic hydroxyl groups is 1. The SMILES string of the molecule is CC[C@@]12CCC3(O1)C(C(=O)Nc1c(C)cccc1C)N(CCO)C(=O)[C@@H]3[C@@H]2C(=O)NCc1ccccc1. The molecule has 3 aliphatic heterocycles. The van der Waals surface area contributed by atoms with Crippen LogP contribution >= 0.6 is 0 Å². The van der Waals surface area contributed by atoms with Crippen LogP contribution in [0.2, 0.25) is 0 Å². The van der Waals surface area contributed by atoms with Crippen molar-refractivity contribution in [3.05, 3.63) is 65.2 Å². The zero-order valence-electron chi connectivity index (χ0n) is 21.6. The molecule has 2 aromatic carbocycles. The van der Waals surface area contributed by atoms with Crippen LogP contribution in [0.15, 0.2) is 48.5 Å². The Labute approximate surface area is 217 Å². The zero-order valence-corrected chi connectivity index (χ0v) is 21.6. The number of rotatable bonds is 8. The number of aliphatic hydroxyl groups excluding tert-OH is 1. The number of anilines is 1. The number of ether oxygens (including phenoxy) is 1. The van der Waals surface area contributed by atoms with Crippen molar-refractivity contribution < 1.29 is 24.2 Å². The number of hydrogen-bond donors (Lipinski definition) is 3. The Kier molecular flexibility index (Phi) is 6.58. The quantitative estimate of drug-likeness (QED) is 0.511. The Morgan fingerprint density at radius 2 is 1.76 bits per heavy atom. The van der Waals surface area contributed by atoms with E-state index in [1.54, 1.807) is 0 Å². The first kappa shape index (κ1) is 25.4. The smallest absolute Gasteiger partial charge is 0.250 e. The molecule has 3 fully saturated rings. The van der Waals surface area contributed by atoms with Gasteiger partial charge in [0.1, 0.15) is 11.6 Å². The first-order valence-electron chi connectivity index (χ1n) is 13.1. The molecule has 0 aliphatic carbocycles. The minimum Gasteiger partial charge on any atom is -0.395 e. The van der Waals surface area contributed by atoms with Crippen molar-refractivity contribution >= 4 is 23.4 Å². The number of likely N-dealkylation sites (tertiary alicyclic amines) is 1. The number of benzene rings is 2. The number of fused-ring (bicyclic) bond motifs is 1. The van der Waals surface area contributed by atoms with E-state index in [0.29, 0.717) is 31.5 Å². The Morgan fingerprint density at radius 1 is 1.05 bits per heavy atom. The van der Waals surface area contributed by atoms with Gasteiger partial charge in [0.05, 0.1) is 24.0 Å². The predicted molar refractivity (Wildman–Crippen MR) is 138 cm³/mol. The van der Waals surface area contributed by atoms with Crippen LogP contribution in [0.25, 0.3) is 0 Å². The molecule has 0 radical (unpaired) electrons. The maximum Gasteiger partial charge on any atom is 0.250 e. The van der Waals surface area contributed by atoms with E-state index >= 15 is 0 Å². The molecule has 37 heavy (non-hydrogen) atoms. The van der Waals surface area contributed by atoms with Gasteiger partial charge in [0.15, 0.2) is 0 Å². The van der Waals surface area contributed by atoms with Crippen molar-refractivity contribution in [3.63, 3.8) is 0 Å². The van der Waals surface area contributed by atoms with Crippen LogP contribution in [0.5, 0.6) is 0 Å².